The summed E-state index contributed by atoms with van der Waals surface area (Å²) in [6, 6.07) is 8.83. The van der Waals surface area contributed by atoms with Crippen LogP contribution in [-0.2, 0) is 0 Å². The van der Waals surface area contributed by atoms with Crippen molar-refractivity contribution in [2.75, 3.05) is 7.05 Å². The van der Waals surface area contributed by atoms with Gasteiger partial charge in [-0.25, -0.2) is 4.68 Å². The third-order valence-corrected chi connectivity index (χ3v) is 5.28. The number of rotatable bonds is 3. The molecular weight excluding hydrogens is 387 g/mol. The maximum Gasteiger partial charge on any atom is 0.270 e. The van der Waals surface area contributed by atoms with E-state index in [0.717, 1.165) is 16.0 Å². The fourth-order valence-corrected chi connectivity index (χ4v) is 4.01. The molecule has 0 fully saturated rings. The molecule has 2 aromatic heterocycles. The van der Waals surface area contributed by atoms with Crippen LogP contribution >= 0.6 is 46.1 Å². The molecule has 1 aromatic carbocycles. The first-order chi connectivity index (χ1) is 11.4. The lowest BCUT2D eigenvalue weighted by Crippen LogP contribution is -2.25. The highest BCUT2D eigenvalue weighted by Crippen LogP contribution is 2.33. The number of benzene rings is 1. The van der Waals surface area contributed by atoms with Crippen molar-refractivity contribution in [1.29, 1.82) is 0 Å². The van der Waals surface area contributed by atoms with Crippen molar-refractivity contribution in [3.8, 4) is 16.3 Å². The number of hydrogen-bond acceptors (Lipinski definition) is 3. The predicted molar refractivity (Wildman–Crippen MR) is 103 cm³/mol. The Balaban J connectivity index is 2.29. The Morgan fingerprint density at radius 1 is 1.25 bits per heavy atom. The number of amides is 1. The van der Waals surface area contributed by atoms with Crippen molar-refractivity contribution in [3.05, 3.63) is 50.4 Å². The van der Waals surface area contributed by atoms with Crippen LogP contribution in [0.25, 0.3) is 16.3 Å². The summed E-state index contributed by atoms with van der Waals surface area (Å²) < 4.78 is 2.31. The van der Waals surface area contributed by atoms with Gasteiger partial charge in [0, 0.05) is 12.1 Å². The van der Waals surface area contributed by atoms with Crippen LogP contribution in [0.1, 0.15) is 10.5 Å². The fourth-order valence-electron chi connectivity index (χ4n) is 2.39. The maximum atomic E-state index is 12.1. The van der Waals surface area contributed by atoms with Crippen molar-refractivity contribution < 1.29 is 4.79 Å². The molecule has 0 aliphatic heterocycles. The topological polar surface area (TPSA) is 46.9 Å². The largest absolute Gasteiger partial charge is 0.354 e. The Kier molecular flexibility index (Phi) is 4.92. The molecule has 3 aromatic rings. The van der Waals surface area contributed by atoms with E-state index in [4.69, 9.17) is 34.8 Å². The zero-order chi connectivity index (χ0) is 17.4. The van der Waals surface area contributed by atoms with Gasteiger partial charge in [0.15, 0.2) is 0 Å². The van der Waals surface area contributed by atoms with E-state index in [2.05, 4.69) is 10.4 Å². The SMILES string of the molecule is Bc1c(C(=O)NC)nn(-c2ccc(Cl)cc2Cl)c1-c1ccc(Cl)s1. The van der Waals surface area contributed by atoms with Gasteiger partial charge in [-0.15, -0.1) is 11.3 Å². The zero-order valence-electron chi connectivity index (χ0n) is 12.7. The summed E-state index contributed by atoms with van der Waals surface area (Å²) in [5, 5.41) is 8.04. The highest BCUT2D eigenvalue weighted by atomic mass is 35.5. The lowest BCUT2D eigenvalue weighted by Gasteiger charge is -2.09. The van der Waals surface area contributed by atoms with E-state index < -0.39 is 0 Å². The average Bonchev–Trinajstić information content (AvgIpc) is 3.10. The van der Waals surface area contributed by atoms with Crippen LogP contribution in [0.15, 0.2) is 30.3 Å². The van der Waals surface area contributed by atoms with Crippen molar-refractivity contribution in [2.45, 2.75) is 0 Å². The molecule has 0 saturated heterocycles. The lowest BCUT2D eigenvalue weighted by atomic mass is 9.92. The maximum absolute atomic E-state index is 12.1. The number of thiophene rings is 1. The van der Waals surface area contributed by atoms with E-state index in [1.165, 1.54) is 11.3 Å². The average molecular weight is 399 g/mol. The molecule has 4 nitrogen and oxygen atoms in total. The van der Waals surface area contributed by atoms with Crippen LogP contribution in [0.5, 0.6) is 0 Å². The molecule has 3 rings (SSSR count). The molecule has 2 heterocycles. The third kappa shape index (κ3) is 3.07. The molecule has 0 spiro atoms. The van der Waals surface area contributed by atoms with Gasteiger partial charge in [-0.2, -0.15) is 5.10 Å². The second-order valence-corrected chi connectivity index (χ2v) is 7.57. The molecule has 9 heteroatoms. The third-order valence-electron chi connectivity index (χ3n) is 3.51. The predicted octanol–water partition coefficient (Wildman–Crippen LogP) is 3.18. The fraction of sp³-hybridized carbons (Fsp3) is 0.0667. The van der Waals surface area contributed by atoms with E-state index in [-0.39, 0.29) is 5.91 Å². The molecule has 24 heavy (non-hydrogen) atoms. The number of aromatic nitrogens is 2. The summed E-state index contributed by atoms with van der Waals surface area (Å²) >= 11 is 19.8. The highest BCUT2D eigenvalue weighted by Gasteiger charge is 2.23. The standard InChI is InChI=1S/C15H11BCl3N3OS/c1-20-15(23)13-12(16)14(10-4-5-11(19)24-10)22(21-13)9-3-2-7(17)6-8(9)18/h2-6H,16H2,1H3,(H,20,23). The second-order valence-electron chi connectivity index (χ2n) is 5.01. The second kappa shape index (κ2) is 6.80. The van der Waals surface area contributed by atoms with Crippen LogP contribution in [0.4, 0.5) is 0 Å². The monoisotopic (exact) mass is 397 g/mol. The van der Waals surface area contributed by atoms with E-state index in [1.54, 1.807) is 36.0 Å². The molecule has 0 saturated carbocycles. The van der Waals surface area contributed by atoms with Gasteiger partial charge >= 0.3 is 0 Å². The first kappa shape index (κ1) is 17.4. The van der Waals surface area contributed by atoms with Crippen LogP contribution in [0.2, 0.25) is 14.4 Å². The Labute approximate surface area is 158 Å². The number of carbonyl (C=O) groups excluding carboxylic acids is 1. The molecular formula is C15H11BCl3N3OS. The number of hydrogen-bond donors (Lipinski definition) is 1. The van der Waals surface area contributed by atoms with Crippen LogP contribution in [0.3, 0.4) is 0 Å². The van der Waals surface area contributed by atoms with E-state index >= 15 is 0 Å². The van der Waals surface area contributed by atoms with Gasteiger partial charge < -0.3 is 5.32 Å². The molecule has 0 radical (unpaired) electrons. The van der Waals surface area contributed by atoms with E-state index in [1.807, 2.05) is 13.9 Å². The minimum Gasteiger partial charge on any atom is -0.354 e. The van der Waals surface area contributed by atoms with Crippen LogP contribution in [0, 0.1) is 0 Å². The van der Waals surface area contributed by atoms with Crippen molar-refractivity contribution in [1.82, 2.24) is 15.1 Å². The molecule has 0 atom stereocenters. The van der Waals surface area contributed by atoms with Gasteiger partial charge in [0.25, 0.3) is 5.91 Å². The van der Waals surface area contributed by atoms with Gasteiger partial charge in [0.1, 0.15) is 13.5 Å². The van der Waals surface area contributed by atoms with Crippen LogP contribution < -0.4 is 10.8 Å². The van der Waals surface area contributed by atoms with Crippen molar-refractivity contribution >= 4 is 65.4 Å². The van der Waals surface area contributed by atoms with Crippen molar-refractivity contribution in [2.24, 2.45) is 0 Å². The summed E-state index contributed by atoms with van der Waals surface area (Å²) in [7, 11) is 3.42. The summed E-state index contributed by atoms with van der Waals surface area (Å²) in [6.45, 7) is 0. The molecule has 0 aliphatic carbocycles. The lowest BCUT2D eigenvalue weighted by molar-refractivity contribution is 0.0959. The highest BCUT2D eigenvalue weighted by molar-refractivity contribution is 7.19. The molecule has 122 valence electrons. The summed E-state index contributed by atoms with van der Waals surface area (Å²) in [5.74, 6) is -0.264. The molecule has 0 unspecified atom stereocenters. The summed E-state index contributed by atoms with van der Waals surface area (Å²) in [6.07, 6.45) is 0. The smallest absolute Gasteiger partial charge is 0.270 e. The van der Waals surface area contributed by atoms with E-state index in [0.29, 0.717) is 25.8 Å². The van der Waals surface area contributed by atoms with Gasteiger partial charge in [0.05, 0.1) is 25.6 Å². The zero-order valence-corrected chi connectivity index (χ0v) is 15.8. The first-order valence-corrected chi connectivity index (χ1v) is 8.90. The minimum atomic E-state index is -0.264. The number of nitrogens with zero attached hydrogens (tertiary/aromatic N) is 2. The Morgan fingerprint density at radius 3 is 2.58 bits per heavy atom. The van der Waals surface area contributed by atoms with Gasteiger partial charge in [0.2, 0.25) is 0 Å². The van der Waals surface area contributed by atoms with Crippen LogP contribution in [-0.4, -0.2) is 30.6 Å². The Morgan fingerprint density at radius 2 is 2.00 bits per heavy atom. The molecule has 0 aliphatic rings. The minimum absolute atomic E-state index is 0.264. The van der Waals surface area contributed by atoms with E-state index in [9.17, 15) is 4.79 Å². The van der Waals surface area contributed by atoms with Gasteiger partial charge in [-0.05, 0) is 35.8 Å². The van der Waals surface area contributed by atoms with Gasteiger partial charge in [-0.3, -0.25) is 4.79 Å². The molecule has 0 bridgehead atoms. The first-order valence-electron chi connectivity index (χ1n) is 6.95. The number of carbonyl (C=O) groups is 1. The number of nitrogens with one attached hydrogen (secondary N) is 1. The molecule has 1 amide bonds. The normalized spacial score (nSPS) is 10.8. The van der Waals surface area contributed by atoms with Crippen molar-refractivity contribution in [3.63, 3.8) is 0 Å². The Bertz CT molecular complexity index is 938. The summed E-state index contributed by atoms with van der Waals surface area (Å²) in [4.78, 5) is 13.0. The number of halogens is 3. The quantitative estimate of drug-likeness (QED) is 0.689. The Hall–Kier alpha value is -1.47. The molecule has 1 N–H and O–H groups in total. The van der Waals surface area contributed by atoms with Gasteiger partial charge in [-0.1, -0.05) is 34.8 Å². The summed E-state index contributed by atoms with van der Waals surface area (Å²) in [5.41, 5.74) is 2.50.